The molecule has 0 radical (unpaired) electrons. The summed E-state index contributed by atoms with van der Waals surface area (Å²) < 4.78 is 0. The summed E-state index contributed by atoms with van der Waals surface area (Å²) in [6.45, 7) is 6.16. The third kappa shape index (κ3) is 3.96. The van der Waals surface area contributed by atoms with Gasteiger partial charge in [0.25, 0.3) is 0 Å². The fourth-order valence-electron chi connectivity index (χ4n) is 4.15. The van der Waals surface area contributed by atoms with Crippen molar-refractivity contribution in [1.82, 2.24) is 5.32 Å². The summed E-state index contributed by atoms with van der Waals surface area (Å²) in [7, 11) is 0. The second-order valence-corrected chi connectivity index (χ2v) is 8.00. The Kier molecular flexibility index (Phi) is 4.61. The highest BCUT2D eigenvalue weighted by Crippen LogP contribution is 2.47. The van der Waals surface area contributed by atoms with E-state index < -0.39 is 5.97 Å². The van der Waals surface area contributed by atoms with Crippen molar-refractivity contribution >= 4 is 11.9 Å². The second-order valence-electron chi connectivity index (χ2n) is 8.00. The molecule has 2 saturated carbocycles. The maximum Gasteiger partial charge on any atom is 0.305 e. The molecule has 2 bridgehead atoms. The van der Waals surface area contributed by atoms with Gasteiger partial charge in [0.15, 0.2) is 0 Å². The van der Waals surface area contributed by atoms with E-state index in [2.05, 4.69) is 26.1 Å². The van der Waals surface area contributed by atoms with E-state index >= 15 is 0 Å². The number of hydrogen-bond donors (Lipinski definition) is 3. The van der Waals surface area contributed by atoms with Crippen LogP contribution in [0.15, 0.2) is 0 Å². The molecule has 0 aromatic heterocycles. The van der Waals surface area contributed by atoms with Crippen LogP contribution < -0.4 is 11.1 Å². The number of carboxylic acid groups (broad SMARTS) is 1. The van der Waals surface area contributed by atoms with E-state index in [-0.39, 0.29) is 35.7 Å². The molecule has 5 unspecified atom stereocenters. The van der Waals surface area contributed by atoms with Crippen molar-refractivity contribution in [1.29, 1.82) is 0 Å². The Bertz CT molecular complexity index is 414. The zero-order valence-electron chi connectivity index (χ0n) is 13.3. The highest BCUT2D eigenvalue weighted by atomic mass is 16.4. The molecule has 5 heteroatoms. The first-order valence-electron chi connectivity index (χ1n) is 7.95. The van der Waals surface area contributed by atoms with Gasteiger partial charge in [0.1, 0.15) is 0 Å². The zero-order valence-corrected chi connectivity index (χ0v) is 13.3. The van der Waals surface area contributed by atoms with Gasteiger partial charge in [0.2, 0.25) is 5.91 Å². The standard InChI is InChI=1S/C16H28N2O3/c1-16(2,3)8-11(7-12(19)20)18-15(21)13-9-4-5-10(6-9)14(13)17/h9-11,13-14H,4-8,17H2,1-3H3,(H,18,21)(H,19,20). The van der Waals surface area contributed by atoms with Crippen LogP contribution in [0.4, 0.5) is 0 Å². The number of hydrogen-bond acceptors (Lipinski definition) is 3. The third-order valence-corrected chi connectivity index (χ3v) is 4.91. The normalized spacial score (nSPS) is 33.0. The molecular weight excluding hydrogens is 268 g/mol. The number of carbonyl (C=O) groups is 2. The molecule has 0 aliphatic heterocycles. The SMILES string of the molecule is CC(C)(C)CC(CC(=O)O)NC(=O)C1C2CCC(C2)C1N. The molecule has 0 aromatic rings. The maximum atomic E-state index is 12.5. The summed E-state index contributed by atoms with van der Waals surface area (Å²) >= 11 is 0. The third-order valence-electron chi connectivity index (χ3n) is 4.91. The van der Waals surface area contributed by atoms with Gasteiger partial charge in [0, 0.05) is 12.1 Å². The number of aliphatic carboxylic acids is 1. The predicted molar refractivity (Wildman–Crippen MR) is 80.6 cm³/mol. The summed E-state index contributed by atoms with van der Waals surface area (Å²) in [5, 5.41) is 12.0. The van der Waals surface area contributed by atoms with Crippen LogP contribution in [0.5, 0.6) is 0 Å². The average molecular weight is 296 g/mol. The summed E-state index contributed by atoms with van der Waals surface area (Å²) in [4.78, 5) is 23.6. The van der Waals surface area contributed by atoms with E-state index in [0.29, 0.717) is 18.3 Å². The number of carbonyl (C=O) groups excluding carboxylic acids is 1. The van der Waals surface area contributed by atoms with Crippen molar-refractivity contribution in [2.24, 2.45) is 28.9 Å². The van der Waals surface area contributed by atoms with Gasteiger partial charge in [-0.25, -0.2) is 0 Å². The van der Waals surface area contributed by atoms with E-state index in [1.54, 1.807) is 0 Å². The van der Waals surface area contributed by atoms with Crippen LogP contribution in [-0.2, 0) is 9.59 Å². The molecule has 0 spiro atoms. The number of amides is 1. The molecule has 0 saturated heterocycles. The quantitative estimate of drug-likeness (QED) is 0.720. The lowest BCUT2D eigenvalue weighted by molar-refractivity contribution is -0.138. The minimum atomic E-state index is -0.873. The molecule has 0 heterocycles. The van der Waals surface area contributed by atoms with Crippen LogP contribution in [0.2, 0.25) is 0 Å². The van der Waals surface area contributed by atoms with Crippen molar-refractivity contribution in [3.8, 4) is 0 Å². The second kappa shape index (κ2) is 5.95. The zero-order chi connectivity index (χ0) is 15.8. The van der Waals surface area contributed by atoms with Crippen LogP contribution in [-0.4, -0.2) is 29.1 Å². The molecule has 2 aliphatic rings. The van der Waals surface area contributed by atoms with Gasteiger partial charge in [-0.1, -0.05) is 20.8 Å². The molecule has 2 fully saturated rings. The molecule has 120 valence electrons. The Morgan fingerprint density at radius 2 is 1.90 bits per heavy atom. The fourth-order valence-corrected chi connectivity index (χ4v) is 4.15. The monoisotopic (exact) mass is 296 g/mol. The Labute approximate surface area is 126 Å². The lowest BCUT2D eigenvalue weighted by Crippen LogP contribution is -2.49. The minimum absolute atomic E-state index is 0.0236. The highest BCUT2D eigenvalue weighted by Gasteiger charge is 2.49. The molecule has 5 atom stereocenters. The first kappa shape index (κ1) is 16.3. The maximum absolute atomic E-state index is 12.5. The van der Waals surface area contributed by atoms with Crippen LogP contribution in [0.3, 0.4) is 0 Å². The Hall–Kier alpha value is -1.10. The van der Waals surface area contributed by atoms with E-state index in [9.17, 15) is 9.59 Å². The summed E-state index contributed by atoms with van der Waals surface area (Å²) in [6, 6.07) is -0.370. The first-order valence-corrected chi connectivity index (χ1v) is 7.95. The van der Waals surface area contributed by atoms with Gasteiger partial charge in [0.05, 0.1) is 12.3 Å². The van der Waals surface area contributed by atoms with Crippen molar-refractivity contribution in [3.05, 3.63) is 0 Å². The molecule has 2 aliphatic carbocycles. The Morgan fingerprint density at radius 1 is 1.29 bits per heavy atom. The van der Waals surface area contributed by atoms with Gasteiger partial charge >= 0.3 is 5.97 Å². The average Bonchev–Trinajstić information content (AvgIpc) is 2.85. The van der Waals surface area contributed by atoms with Crippen molar-refractivity contribution in [2.75, 3.05) is 0 Å². The van der Waals surface area contributed by atoms with Gasteiger partial charge in [-0.05, 0) is 42.9 Å². The lowest BCUT2D eigenvalue weighted by atomic mass is 9.83. The Morgan fingerprint density at radius 3 is 2.38 bits per heavy atom. The van der Waals surface area contributed by atoms with Crippen molar-refractivity contribution < 1.29 is 14.7 Å². The number of nitrogens with one attached hydrogen (secondary N) is 1. The highest BCUT2D eigenvalue weighted by molar-refractivity contribution is 5.81. The molecule has 4 N–H and O–H groups in total. The van der Waals surface area contributed by atoms with Gasteiger partial charge in [-0.3, -0.25) is 9.59 Å². The number of carboxylic acids is 1. The van der Waals surface area contributed by atoms with Crippen molar-refractivity contribution in [2.45, 2.75) is 65.0 Å². The predicted octanol–water partition coefficient (Wildman–Crippen LogP) is 1.76. The molecule has 5 nitrogen and oxygen atoms in total. The van der Waals surface area contributed by atoms with E-state index in [4.69, 9.17) is 10.8 Å². The molecule has 2 rings (SSSR count). The van der Waals surface area contributed by atoms with Crippen molar-refractivity contribution in [3.63, 3.8) is 0 Å². The van der Waals surface area contributed by atoms with Gasteiger partial charge in [-0.2, -0.15) is 0 Å². The first-order chi connectivity index (χ1) is 9.67. The number of rotatable bonds is 5. The molecule has 21 heavy (non-hydrogen) atoms. The lowest BCUT2D eigenvalue weighted by Gasteiger charge is -2.31. The summed E-state index contributed by atoms with van der Waals surface area (Å²) in [5.41, 5.74) is 6.17. The number of fused-ring (bicyclic) bond motifs is 2. The van der Waals surface area contributed by atoms with Crippen LogP contribution in [0, 0.1) is 23.2 Å². The summed E-state index contributed by atoms with van der Waals surface area (Å²) in [6.07, 6.45) is 3.90. The molecule has 1 amide bonds. The minimum Gasteiger partial charge on any atom is -0.481 e. The van der Waals surface area contributed by atoms with E-state index in [0.717, 1.165) is 19.3 Å². The summed E-state index contributed by atoms with van der Waals surface area (Å²) in [5.74, 6) is -0.164. The number of nitrogens with two attached hydrogens (primary N) is 1. The van der Waals surface area contributed by atoms with E-state index in [1.165, 1.54) is 0 Å². The van der Waals surface area contributed by atoms with Gasteiger partial charge in [-0.15, -0.1) is 0 Å². The molecule has 0 aromatic carbocycles. The van der Waals surface area contributed by atoms with Crippen LogP contribution >= 0.6 is 0 Å². The van der Waals surface area contributed by atoms with Crippen LogP contribution in [0.1, 0.15) is 52.9 Å². The van der Waals surface area contributed by atoms with E-state index in [1.807, 2.05) is 0 Å². The van der Waals surface area contributed by atoms with Gasteiger partial charge < -0.3 is 16.2 Å². The van der Waals surface area contributed by atoms with Crippen LogP contribution in [0.25, 0.3) is 0 Å². The Balaban J connectivity index is 1.99. The largest absolute Gasteiger partial charge is 0.481 e. The smallest absolute Gasteiger partial charge is 0.305 e. The topological polar surface area (TPSA) is 92.4 Å². The molecular formula is C16H28N2O3. The fraction of sp³-hybridized carbons (Fsp3) is 0.875.